The van der Waals surface area contributed by atoms with E-state index in [2.05, 4.69) is 21.2 Å². The van der Waals surface area contributed by atoms with Crippen molar-refractivity contribution in [1.82, 2.24) is 5.32 Å². The minimum atomic E-state index is -0.399. The first-order chi connectivity index (χ1) is 7.70. The van der Waals surface area contributed by atoms with Crippen molar-refractivity contribution >= 4 is 21.6 Å². The smallest absolute Gasteiger partial charge is 0.283 e. The molecule has 0 aromatic heterocycles. The number of nitro groups is 1. The van der Waals surface area contributed by atoms with Crippen molar-refractivity contribution in [2.75, 3.05) is 19.7 Å². The van der Waals surface area contributed by atoms with Gasteiger partial charge in [0.15, 0.2) is 0 Å². The molecule has 0 amide bonds. The lowest BCUT2D eigenvalue weighted by atomic mass is 10.1. The summed E-state index contributed by atoms with van der Waals surface area (Å²) in [5.41, 5.74) is 0.896. The van der Waals surface area contributed by atoms with Gasteiger partial charge < -0.3 is 10.1 Å². The van der Waals surface area contributed by atoms with Gasteiger partial charge in [0.25, 0.3) is 5.69 Å². The zero-order valence-electron chi connectivity index (χ0n) is 8.48. The lowest BCUT2D eigenvalue weighted by Gasteiger charge is -2.24. The van der Waals surface area contributed by atoms with Crippen LogP contribution in [0.4, 0.5) is 5.69 Å². The monoisotopic (exact) mass is 286 g/mol. The fraction of sp³-hybridized carbons (Fsp3) is 0.400. The van der Waals surface area contributed by atoms with Gasteiger partial charge in [-0.15, -0.1) is 0 Å². The fourth-order valence-corrected chi connectivity index (χ4v) is 2.36. The van der Waals surface area contributed by atoms with E-state index < -0.39 is 4.92 Å². The van der Waals surface area contributed by atoms with Crippen LogP contribution in [0.15, 0.2) is 22.7 Å². The predicted octanol–water partition coefficient (Wildman–Crippen LogP) is 2.02. The SMILES string of the molecule is O=[N+]([O-])c1cccc(C2CNCCO2)c1Br. The number of nitrogens with zero attached hydrogens (tertiary/aromatic N) is 1. The second-order valence-electron chi connectivity index (χ2n) is 3.50. The molecule has 0 spiro atoms. The van der Waals surface area contributed by atoms with Gasteiger partial charge in [-0.3, -0.25) is 10.1 Å². The van der Waals surface area contributed by atoms with Gasteiger partial charge in [-0.1, -0.05) is 12.1 Å². The Balaban J connectivity index is 2.33. The van der Waals surface area contributed by atoms with Crippen molar-refractivity contribution in [1.29, 1.82) is 0 Å². The summed E-state index contributed by atoms with van der Waals surface area (Å²) in [4.78, 5) is 10.4. The molecule has 1 N–H and O–H groups in total. The molecule has 1 fully saturated rings. The van der Waals surface area contributed by atoms with Crippen LogP contribution in [-0.4, -0.2) is 24.6 Å². The zero-order chi connectivity index (χ0) is 11.5. The Kier molecular flexibility index (Phi) is 3.52. The standard InChI is InChI=1S/C10H11BrN2O3/c11-10-7(9-6-12-4-5-16-9)2-1-3-8(10)13(14)15/h1-3,9,12H,4-6H2. The van der Waals surface area contributed by atoms with E-state index in [1.807, 2.05) is 6.07 Å². The number of hydrogen-bond acceptors (Lipinski definition) is 4. The minimum absolute atomic E-state index is 0.0756. The van der Waals surface area contributed by atoms with Crippen LogP contribution in [0, 0.1) is 10.1 Å². The Morgan fingerprint density at radius 3 is 3.00 bits per heavy atom. The number of nitrogens with one attached hydrogen (secondary N) is 1. The molecule has 6 heteroatoms. The van der Waals surface area contributed by atoms with Gasteiger partial charge >= 0.3 is 0 Å². The maximum absolute atomic E-state index is 10.8. The molecule has 0 bridgehead atoms. The second-order valence-corrected chi connectivity index (χ2v) is 4.29. The van der Waals surface area contributed by atoms with Crippen LogP contribution < -0.4 is 5.32 Å². The average Bonchev–Trinajstić information content (AvgIpc) is 2.30. The first-order valence-electron chi connectivity index (χ1n) is 4.95. The Labute approximate surface area is 101 Å². The van der Waals surface area contributed by atoms with E-state index in [1.54, 1.807) is 6.07 Å². The van der Waals surface area contributed by atoms with Crippen LogP contribution in [0.3, 0.4) is 0 Å². The lowest BCUT2D eigenvalue weighted by molar-refractivity contribution is -0.385. The van der Waals surface area contributed by atoms with Gasteiger partial charge in [-0.25, -0.2) is 0 Å². The second kappa shape index (κ2) is 4.90. The van der Waals surface area contributed by atoms with E-state index >= 15 is 0 Å². The molecule has 1 atom stereocenters. The zero-order valence-corrected chi connectivity index (χ0v) is 10.1. The van der Waals surface area contributed by atoms with Crippen LogP contribution in [0.5, 0.6) is 0 Å². The van der Waals surface area contributed by atoms with Crippen molar-refractivity contribution in [3.63, 3.8) is 0 Å². The number of halogens is 1. The molecule has 16 heavy (non-hydrogen) atoms. The number of benzene rings is 1. The molecular weight excluding hydrogens is 276 g/mol. The van der Waals surface area contributed by atoms with Crippen molar-refractivity contribution in [2.24, 2.45) is 0 Å². The molecule has 1 unspecified atom stereocenters. The Hall–Kier alpha value is -0.980. The highest BCUT2D eigenvalue weighted by molar-refractivity contribution is 9.10. The summed E-state index contributed by atoms with van der Waals surface area (Å²) in [6.07, 6.45) is -0.122. The van der Waals surface area contributed by atoms with E-state index in [1.165, 1.54) is 6.07 Å². The molecule has 86 valence electrons. The third-order valence-electron chi connectivity index (χ3n) is 2.48. The van der Waals surface area contributed by atoms with E-state index in [4.69, 9.17) is 4.74 Å². The highest BCUT2D eigenvalue weighted by Gasteiger charge is 2.23. The van der Waals surface area contributed by atoms with E-state index in [0.717, 1.165) is 12.1 Å². The van der Waals surface area contributed by atoms with Crippen molar-refractivity contribution in [3.05, 3.63) is 38.3 Å². The van der Waals surface area contributed by atoms with E-state index in [0.29, 0.717) is 17.6 Å². The molecule has 5 nitrogen and oxygen atoms in total. The molecule has 1 aromatic rings. The number of nitro benzene ring substituents is 1. The normalized spacial score (nSPS) is 20.7. The van der Waals surface area contributed by atoms with E-state index in [-0.39, 0.29) is 11.8 Å². The van der Waals surface area contributed by atoms with Crippen LogP contribution in [-0.2, 0) is 4.74 Å². The third-order valence-corrected chi connectivity index (χ3v) is 3.34. The van der Waals surface area contributed by atoms with Gasteiger partial charge in [0, 0.05) is 24.7 Å². The molecule has 1 aliphatic rings. The van der Waals surface area contributed by atoms with Gasteiger partial charge in [-0.2, -0.15) is 0 Å². The summed E-state index contributed by atoms with van der Waals surface area (Å²) in [7, 11) is 0. The molecule has 1 aliphatic heterocycles. The summed E-state index contributed by atoms with van der Waals surface area (Å²) in [6.45, 7) is 2.13. The number of rotatable bonds is 2. The summed E-state index contributed by atoms with van der Waals surface area (Å²) in [5, 5.41) is 14.0. The molecule has 0 aliphatic carbocycles. The number of hydrogen-bond donors (Lipinski definition) is 1. The van der Waals surface area contributed by atoms with Gasteiger partial charge in [0.1, 0.15) is 4.47 Å². The Morgan fingerprint density at radius 2 is 2.38 bits per heavy atom. The summed E-state index contributed by atoms with van der Waals surface area (Å²) < 4.78 is 6.07. The van der Waals surface area contributed by atoms with Crippen molar-refractivity contribution in [3.8, 4) is 0 Å². The number of morpholine rings is 1. The maximum Gasteiger partial charge on any atom is 0.283 e. The van der Waals surface area contributed by atoms with Gasteiger partial charge in [0.2, 0.25) is 0 Å². The Morgan fingerprint density at radius 1 is 1.56 bits per heavy atom. The largest absolute Gasteiger partial charge is 0.371 e. The van der Waals surface area contributed by atoms with Gasteiger partial charge in [-0.05, 0) is 15.9 Å². The maximum atomic E-state index is 10.8. The average molecular weight is 287 g/mol. The first kappa shape index (κ1) is 11.5. The quantitative estimate of drug-likeness (QED) is 0.667. The molecule has 2 rings (SSSR count). The summed E-state index contributed by atoms with van der Waals surface area (Å²) >= 11 is 3.27. The van der Waals surface area contributed by atoms with Crippen LogP contribution in [0.25, 0.3) is 0 Å². The molecule has 0 radical (unpaired) electrons. The number of ether oxygens (including phenoxy) is 1. The Bertz CT molecular complexity index is 405. The predicted molar refractivity (Wildman–Crippen MR) is 62.4 cm³/mol. The molecule has 0 saturated carbocycles. The summed E-state index contributed by atoms with van der Waals surface area (Å²) in [5.74, 6) is 0. The van der Waals surface area contributed by atoms with E-state index in [9.17, 15) is 10.1 Å². The fourth-order valence-electron chi connectivity index (χ4n) is 1.69. The first-order valence-corrected chi connectivity index (χ1v) is 5.74. The minimum Gasteiger partial charge on any atom is -0.371 e. The lowest BCUT2D eigenvalue weighted by Crippen LogP contribution is -2.33. The highest BCUT2D eigenvalue weighted by Crippen LogP contribution is 2.33. The molecular formula is C10H11BrN2O3. The molecule has 1 saturated heterocycles. The van der Waals surface area contributed by atoms with Crippen molar-refractivity contribution < 1.29 is 9.66 Å². The topological polar surface area (TPSA) is 64.4 Å². The highest BCUT2D eigenvalue weighted by atomic mass is 79.9. The van der Waals surface area contributed by atoms with Crippen LogP contribution in [0.2, 0.25) is 0 Å². The summed E-state index contributed by atoms with van der Waals surface area (Å²) in [6, 6.07) is 4.99. The molecule has 1 aromatic carbocycles. The van der Waals surface area contributed by atoms with Crippen LogP contribution in [0.1, 0.15) is 11.7 Å². The van der Waals surface area contributed by atoms with Crippen molar-refractivity contribution in [2.45, 2.75) is 6.10 Å². The van der Waals surface area contributed by atoms with Gasteiger partial charge in [0.05, 0.1) is 17.6 Å². The molecule has 1 heterocycles. The van der Waals surface area contributed by atoms with Crippen LogP contribution >= 0.6 is 15.9 Å². The third kappa shape index (κ3) is 2.23.